The number of Topliss-reactive ketones (excluding diaryl/α,β-unsaturated/α-hetero) is 1. The summed E-state index contributed by atoms with van der Waals surface area (Å²) in [5.74, 6) is 2.13. The molecule has 2 aliphatic heterocycles. The van der Waals surface area contributed by atoms with Crippen LogP contribution < -0.4 is 9.47 Å². The van der Waals surface area contributed by atoms with Gasteiger partial charge in [-0.1, -0.05) is 36.4 Å². The van der Waals surface area contributed by atoms with Gasteiger partial charge in [0.2, 0.25) is 0 Å². The molecule has 0 aromatic heterocycles. The van der Waals surface area contributed by atoms with Gasteiger partial charge in [0.25, 0.3) is 0 Å². The lowest BCUT2D eigenvalue weighted by Gasteiger charge is -2.30. The first-order valence-corrected chi connectivity index (χ1v) is 10.2. The standard InChI is InChI=1S/C24H25NO3/c26-24-20(13-19-14-22-23(15-21(19)24)28-11-10-27-22)12-17-6-8-25(9-7-17)16-18-4-2-1-3-5-18/h1-5,12,14-15,17H,6-11,13,16H2. The highest BCUT2D eigenvalue weighted by Crippen LogP contribution is 2.38. The molecular formula is C24H25NO3. The van der Waals surface area contributed by atoms with Gasteiger partial charge in [-0.15, -0.1) is 0 Å². The van der Waals surface area contributed by atoms with Gasteiger partial charge in [0.05, 0.1) is 0 Å². The van der Waals surface area contributed by atoms with Crippen LogP contribution in [-0.4, -0.2) is 37.0 Å². The number of ether oxygens (including phenoxy) is 2. The van der Waals surface area contributed by atoms with E-state index in [-0.39, 0.29) is 5.78 Å². The number of benzene rings is 2. The fourth-order valence-corrected chi connectivity index (χ4v) is 4.49. The Kier molecular flexibility index (Phi) is 4.65. The maximum atomic E-state index is 12.9. The third-order valence-corrected chi connectivity index (χ3v) is 6.00. The number of likely N-dealkylation sites (tertiary alicyclic amines) is 1. The zero-order valence-electron chi connectivity index (χ0n) is 16.0. The molecule has 144 valence electrons. The quantitative estimate of drug-likeness (QED) is 0.759. The molecule has 0 spiro atoms. The highest BCUT2D eigenvalue weighted by Gasteiger charge is 2.29. The van der Waals surface area contributed by atoms with Gasteiger partial charge in [-0.2, -0.15) is 0 Å². The molecule has 3 aliphatic rings. The lowest BCUT2D eigenvalue weighted by molar-refractivity contribution is 0.103. The predicted molar refractivity (Wildman–Crippen MR) is 108 cm³/mol. The van der Waals surface area contributed by atoms with E-state index in [1.165, 1.54) is 5.56 Å². The Hall–Kier alpha value is -2.59. The van der Waals surface area contributed by atoms with E-state index < -0.39 is 0 Å². The van der Waals surface area contributed by atoms with Gasteiger partial charge in [0.15, 0.2) is 17.3 Å². The van der Waals surface area contributed by atoms with Gasteiger partial charge in [0, 0.05) is 24.1 Å². The molecule has 0 bridgehead atoms. The number of hydrogen-bond acceptors (Lipinski definition) is 4. The number of ketones is 1. The van der Waals surface area contributed by atoms with Crippen LogP contribution in [0.1, 0.15) is 34.3 Å². The second-order valence-electron chi connectivity index (χ2n) is 7.95. The van der Waals surface area contributed by atoms with Crippen molar-refractivity contribution in [2.24, 2.45) is 5.92 Å². The summed E-state index contributed by atoms with van der Waals surface area (Å²) < 4.78 is 11.3. The minimum atomic E-state index is 0.165. The largest absolute Gasteiger partial charge is 0.486 e. The first kappa shape index (κ1) is 17.5. The van der Waals surface area contributed by atoms with Gasteiger partial charge in [0.1, 0.15) is 13.2 Å². The fourth-order valence-electron chi connectivity index (χ4n) is 4.49. The van der Waals surface area contributed by atoms with Crippen LogP contribution in [0.25, 0.3) is 0 Å². The summed E-state index contributed by atoms with van der Waals surface area (Å²) in [6.07, 6.45) is 5.18. The van der Waals surface area contributed by atoms with Crippen molar-refractivity contribution >= 4 is 5.78 Å². The van der Waals surface area contributed by atoms with Crippen LogP contribution in [0.3, 0.4) is 0 Å². The van der Waals surface area contributed by atoms with E-state index in [0.717, 1.165) is 61.3 Å². The Morgan fingerprint density at radius 3 is 2.46 bits per heavy atom. The molecule has 1 aliphatic carbocycles. The highest BCUT2D eigenvalue weighted by atomic mass is 16.6. The summed E-state index contributed by atoms with van der Waals surface area (Å²) in [7, 11) is 0. The van der Waals surface area contributed by atoms with Crippen molar-refractivity contribution < 1.29 is 14.3 Å². The summed E-state index contributed by atoms with van der Waals surface area (Å²) >= 11 is 0. The number of hydrogen-bond donors (Lipinski definition) is 0. The molecule has 0 radical (unpaired) electrons. The van der Waals surface area contributed by atoms with Crippen LogP contribution in [0.5, 0.6) is 11.5 Å². The molecule has 0 amide bonds. The molecule has 0 saturated carbocycles. The summed E-state index contributed by atoms with van der Waals surface area (Å²) in [6.45, 7) is 4.30. The maximum Gasteiger partial charge on any atom is 0.189 e. The molecule has 0 atom stereocenters. The topological polar surface area (TPSA) is 38.8 Å². The van der Waals surface area contributed by atoms with Crippen LogP contribution >= 0.6 is 0 Å². The molecule has 4 heteroatoms. The fraction of sp³-hybridized carbons (Fsp3) is 0.375. The Bertz CT molecular complexity index is 911. The Morgan fingerprint density at radius 1 is 1.00 bits per heavy atom. The number of nitrogens with zero attached hydrogens (tertiary/aromatic N) is 1. The zero-order valence-corrected chi connectivity index (χ0v) is 16.0. The predicted octanol–water partition coefficient (Wildman–Crippen LogP) is 4.04. The first-order valence-electron chi connectivity index (χ1n) is 10.2. The third kappa shape index (κ3) is 3.45. The maximum absolute atomic E-state index is 12.9. The van der Waals surface area contributed by atoms with Crippen LogP contribution in [-0.2, 0) is 13.0 Å². The molecule has 0 unspecified atom stereocenters. The molecule has 28 heavy (non-hydrogen) atoms. The number of carbonyl (C=O) groups is 1. The average Bonchev–Trinajstić information content (AvgIpc) is 3.03. The van der Waals surface area contributed by atoms with Gasteiger partial charge in [-0.05, 0) is 55.1 Å². The number of carbonyl (C=O) groups excluding carboxylic acids is 1. The molecule has 1 saturated heterocycles. The van der Waals surface area contributed by atoms with Crippen molar-refractivity contribution in [3.05, 3.63) is 70.8 Å². The lowest BCUT2D eigenvalue weighted by Crippen LogP contribution is -2.32. The Morgan fingerprint density at radius 2 is 1.71 bits per heavy atom. The van der Waals surface area contributed by atoms with E-state index >= 15 is 0 Å². The van der Waals surface area contributed by atoms with Gasteiger partial charge >= 0.3 is 0 Å². The molecule has 5 rings (SSSR count). The summed E-state index contributed by atoms with van der Waals surface area (Å²) in [5.41, 5.74) is 4.17. The second-order valence-corrected chi connectivity index (χ2v) is 7.95. The van der Waals surface area contributed by atoms with E-state index in [0.29, 0.717) is 24.9 Å². The smallest absolute Gasteiger partial charge is 0.189 e. The van der Waals surface area contributed by atoms with E-state index in [1.807, 2.05) is 12.1 Å². The SMILES string of the molecule is O=C1C(=CC2CCN(Cc3ccccc3)CC2)Cc2cc3c(cc21)OCCO3. The van der Waals surface area contributed by atoms with Crippen LogP contribution in [0.15, 0.2) is 54.1 Å². The number of rotatable bonds is 3. The lowest BCUT2D eigenvalue weighted by atomic mass is 9.93. The van der Waals surface area contributed by atoms with Crippen molar-refractivity contribution in [3.8, 4) is 11.5 Å². The van der Waals surface area contributed by atoms with Gasteiger partial charge in [-0.3, -0.25) is 9.69 Å². The zero-order chi connectivity index (χ0) is 18.9. The van der Waals surface area contributed by atoms with Gasteiger partial charge < -0.3 is 9.47 Å². The molecule has 1 fully saturated rings. The monoisotopic (exact) mass is 375 g/mol. The molecule has 2 heterocycles. The Labute approximate surface area is 165 Å². The third-order valence-electron chi connectivity index (χ3n) is 6.00. The molecule has 4 nitrogen and oxygen atoms in total. The molecular weight excluding hydrogens is 350 g/mol. The number of fused-ring (bicyclic) bond motifs is 2. The first-order chi connectivity index (χ1) is 13.8. The molecule has 2 aromatic rings. The summed E-state index contributed by atoms with van der Waals surface area (Å²) in [4.78, 5) is 15.4. The normalized spacial score (nSPS) is 21.1. The second kappa shape index (κ2) is 7.44. The van der Waals surface area contributed by atoms with E-state index in [9.17, 15) is 4.79 Å². The van der Waals surface area contributed by atoms with Crippen molar-refractivity contribution in [3.63, 3.8) is 0 Å². The minimum Gasteiger partial charge on any atom is -0.486 e. The van der Waals surface area contributed by atoms with Crippen molar-refractivity contribution in [2.45, 2.75) is 25.8 Å². The summed E-state index contributed by atoms with van der Waals surface area (Å²) in [5, 5.41) is 0. The Balaban J connectivity index is 1.24. The molecule has 2 aromatic carbocycles. The van der Waals surface area contributed by atoms with E-state index in [4.69, 9.17) is 9.47 Å². The number of allylic oxidation sites excluding steroid dienone is 2. The highest BCUT2D eigenvalue weighted by molar-refractivity contribution is 6.13. The number of piperidine rings is 1. The van der Waals surface area contributed by atoms with Crippen LogP contribution in [0.4, 0.5) is 0 Å². The van der Waals surface area contributed by atoms with Crippen molar-refractivity contribution in [1.29, 1.82) is 0 Å². The molecule has 0 N–H and O–H groups in total. The minimum absolute atomic E-state index is 0.165. The van der Waals surface area contributed by atoms with E-state index in [1.54, 1.807) is 0 Å². The van der Waals surface area contributed by atoms with E-state index in [2.05, 4.69) is 41.3 Å². The van der Waals surface area contributed by atoms with Crippen LogP contribution in [0.2, 0.25) is 0 Å². The van der Waals surface area contributed by atoms with Crippen molar-refractivity contribution in [1.82, 2.24) is 4.90 Å². The van der Waals surface area contributed by atoms with Gasteiger partial charge in [-0.25, -0.2) is 0 Å². The average molecular weight is 375 g/mol. The van der Waals surface area contributed by atoms with Crippen LogP contribution in [0, 0.1) is 5.92 Å². The van der Waals surface area contributed by atoms with Crippen molar-refractivity contribution in [2.75, 3.05) is 26.3 Å². The summed E-state index contributed by atoms with van der Waals surface area (Å²) in [6, 6.07) is 14.5.